The molecule has 2 amide bonds. The Hall–Kier alpha value is -3.16. The third-order valence-corrected chi connectivity index (χ3v) is 4.59. The molecule has 0 aliphatic carbocycles. The number of fused-ring (bicyclic) bond motifs is 2. The summed E-state index contributed by atoms with van der Waals surface area (Å²) in [5, 5.41) is 12.1. The van der Waals surface area contributed by atoms with Gasteiger partial charge in [0.25, 0.3) is 5.91 Å². The van der Waals surface area contributed by atoms with Crippen LogP contribution < -0.4 is 5.32 Å². The monoisotopic (exact) mass is 338 g/mol. The van der Waals surface area contributed by atoms with Crippen LogP contribution in [0.5, 0.6) is 0 Å². The highest BCUT2D eigenvalue weighted by Crippen LogP contribution is 2.24. The largest absolute Gasteiger partial charge is 0.357 e. The summed E-state index contributed by atoms with van der Waals surface area (Å²) < 4.78 is 3.38. The van der Waals surface area contributed by atoms with E-state index in [1.807, 2.05) is 37.4 Å². The zero-order chi connectivity index (χ0) is 17.6. The van der Waals surface area contributed by atoms with Gasteiger partial charge < -0.3 is 10.2 Å². The van der Waals surface area contributed by atoms with Crippen molar-refractivity contribution in [3.8, 4) is 0 Å². The Morgan fingerprint density at radius 3 is 2.84 bits per heavy atom. The Morgan fingerprint density at radius 2 is 2.04 bits per heavy atom. The van der Waals surface area contributed by atoms with Gasteiger partial charge in [-0.15, -0.1) is 0 Å². The highest BCUT2D eigenvalue weighted by molar-refractivity contribution is 6.05. The molecule has 1 aliphatic rings. The van der Waals surface area contributed by atoms with Crippen LogP contribution in [0.3, 0.4) is 0 Å². The Morgan fingerprint density at radius 1 is 1.24 bits per heavy atom. The molecule has 8 nitrogen and oxygen atoms in total. The van der Waals surface area contributed by atoms with Gasteiger partial charge in [-0.25, -0.2) is 0 Å². The van der Waals surface area contributed by atoms with Crippen molar-refractivity contribution in [2.75, 3.05) is 13.6 Å². The molecule has 128 valence electrons. The fraction of sp³-hybridized carbons (Fsp3) is 0.294. The smallest absolute Gasteiger partial charge is 0.275 e. The summed E-state index contributed by atoms with van der Waals surface area (Å²) in [4.78, 5) is 27.0. The molecule has 25 heavy (non-hydrogen) atoms. The molecule has 1 N–H and O–H groups in total. The maximum Gasteiger partial charge on any atom is 0.275 e. The third-order valence-electron chi connectivity index (χ3n) is 4.59. The normalized spacial score (nSPS) is 16.7. The highest BCUT2D eigenvalue weighted by Gasteiger charge is 2.34. The predicted octanol–water partition coefficient (Wildman–Crippen LogP) is 0.713. The van der Waals surface area contributed by atoms with E-state index < -0.39 is 6.04 Å². The molecule has 2 aromatic heterocycles. The zero-order valence-electron chi connectivity index (χ0n) is 14.0. The van der Waals surface area contributed by atoms with Crippen LogP contribution in [0.1, 0.15) is 22.2 Å². The predicted molar refractivity (Wildman–Crippen MR) is 90.8 cm³/mol. The first kappa shape index (κ1) is 15.4. The zero-order valence-corrected chi connectivity index (χ0v) is 14.0. The Kier molecular flexibility index (Phi) is 3.52. The van der Waals surface area contributed by atoms with E-state index in [0.717, 1.165) is 16.6 Å². The molecule has 0 bridgehead atoms. The molecule has 3 aromatic rings. The van der Waals surface area contributed by atoms with Crippen molar-refractivity contribution in [1.29, 1.82) is 0 Å². The van der Waals surface area contributed by atoms with Crippen molar-refractivity contribution >= 4 is 22.7 Å². The summed E-state index contributed by atoms with van der Waals surface area (Å²) in [6.07, 6.45) is 1.65. The minimum Gasteiger partial charge on any atom is -0.357 e. The molecule has 0 radical (unpaired) electrons. The minimum absolute atomic E-state index is 0.173. The second-order valence-corrected chi connectivity index (χ2v) is 6.07. The summed E-state index contributed by atoms with van der Waals surface area (Å²) in [6.45, 7) is 0.662. The van der Waals surface area contributed by atoms with Gasteiger partial charge in [-0.05, 0) is 12.1 Å². The van der Waals surface area contributed by atoms with Crippen LogP contribution in [0.2, 0.25) is 0 Å². The number of nitrogens with zero attached hydrogens (tertiary/aromatic N) is 5. The van der Waals surface area contributed by atoms with E-state index in [-0.39, 0.29) is 18.4 Å². The van der Waals surface area contributed by atoms with Crippen molar-refractivity contribution in [2.45, 2.75) is 12.6 Å². The molecular formula is C17H18N6O2. The van der Waals surface area contributed by atoms with Crippen LogP contribution in [-0.4, -0.2) is 49.9 Å². The van der Waals surface area contributed by atoms with Crippen molar-refractivity contribution in [1.82, 2.24) is 29.8 Å². The number of carbonyl (C=O) groups excluding carboxylic acids is 2. The van der Waals surface area contributed by atoms with Gasteiger partial charge >= 0.3 is 0 Å². The van der Waals surface area contributed by atoms with E-state index in [1.165, 1.54) is 0 Å². The van der Waals surface area contributed by atoms with Crippen LogP contribution >= 0.6 is 0 Å². The maximum atomic E-state index is 13.1. The molecule has 0 saturated carbocycles. The van der Waals surface area contributed by atoms with Gasteiger partial charge in [0, 0.05) is 25.7 Å². The summed E-state index contributed by atoms with van der Waals surface area (Å²) >= 11 is 0. The minimum atomic E-state index is -0.539. The molecule has 0 fully saturated rings. The topological polar surface area (TPSA) is 85.1 Å². The molecule has 1 aromatic carbocycles. The SMILES string of the molecule is CNC(=O)[C@@H]1CN(C(=O)c2nn(C)c3ccccc23)Cc2ccnn21. The van der Waals surface area contributed by atoms with E-state index in [2.05, 4.69) is 15.5 Å². The first-order valence-electron chi connectivity index (χ1n) is 8.05. The number of amides is 2. The molecule has 1 aliphatic heterocycles. The average molecular weight is 338 g/mol. The second kappa shape index (κ2) is 5.73. The number of para-hydroxylation sites is 1. The molecule has 4 rings (SSSR count). The van der Waals surface area contributed by atoms with Gasteiger partial charge in [-0.3, -0.25) is 19.0 Å². The second-order valence-electron chi connectivity index (χ2n) is 6.07. The fourth-order valence-corrected chi connectivity index (χ4v) is 3.33. The number of carbonyl (C=O) groups is 2. The standard InChI is InChI=1S/C17H18N6O2/c1-18-16(24)14-10-22(9-11-7-8-19-23(11)14)17(25)15-12-5-3-4-6-13(12)21(2)20-15/h3-8,14H,9-10H2,1-2H3,(H,18,24)/t14-/m0/s1. The summed E-state index contributed by atoms with van der Waals surface area (Å²) in [7, 11) is 3.40. The molecule has 0 spiro atoms. The summed E-state index contributed by atoms with van der Waals surface area (Å²) in [6, 6.07) is 8.91. The van der Waals surface area contributed by atoms with Crippen LogP contribution in [0.25, 0.3) is 10.9 Å². The molecule has 8 heteroatoms. The maximum absolute atomic E-state index is 13.1. The lowest BCUT2D eigenvalue weighted by molar-refractivity contribution is -0.125. The van der Waals surface area contributed by atoms with E-state index in [9.17, 15) is 9.59 Å². The van der Waals surface area contributed by atoms with E-state index in [0.29, 0.717) is 12.2 Å². The van der Waals surface area contributed by atoms with Crippen molar-refractivity contribution < 1.29 is 9.59 Å². The first-order valence-corrected chi connectivity index (χ1v) is 8.05. The lowest BCUT2D eigenvalue weighted by Gasteiger charge is -2.32. The quantitative estimate of drug-likeness (QED) is 0.746. The highest BCUT2D eigenvalue weighted by atomic mass is 16.2. The molecule has 1 atom stereocenters. The lowest BCUT2D eigenvalue weighted by atomic mass is 10.1. The van der Waals surface area contributed by atoms with Gasteiger partial charge in [0.2, 0.25) is 5.91 Å². The fourth-order valence-electron chi connectivity index (χ4n) is 3.33. The van der Waals surface area contributed by atoms with Gasteiger partial charge in [-0.1, -0.05) is 18.2 Å². The van der Waals surface area contributed by atoms with Crippen LogP contribution in [-0.2, 0) is 18.4 Å². The van der Waals surface area contributed by atoms with E-state index >= 15 is 0 Å². The number of hydrogen-bond donors (Lipinski definition) is 1. The number of nitrogens with one attached hydrogen (secondary N) is 1. The Balaban J connectivity index is 1.72. The number of hydrogen-bond acceptors (Lipinski definition) is 4. The van der Waals surface area contributed by atoms with Crippen LogP contribution in [0, 0.1) is 0 Å². The van der Waals surface area contributed by atoms with Crippen molar-refractivity contribution in [3.05, 3.63) is 47.9 Å². The number of rotatable bonds is 2. The average Bonchev–Trinajstić information content (AvgIpc) is 3.24. The van der Waals surface area contributed by atoms with Gasteiger partial charge in [-0.2, -0.15) is 10.2 Å². The third kappa shape index (κ3) is 2.37. The van der Waals surface area contributed by atoms with Crippen molar-refractivity contribution in [3.63, 3.8) is 0 Å². The Labute approximate surface area is 144 Å². The number of benzene rings is 1. The van der Waals surface area contributed by atoms with Gasteiger partial charge in [0.1, 0.15) is 6.04 Å². The molecular weight excluding hydrogens is 320 g/mol. The van der Waals surface area contributed by atoms with Crippen LogP contribution in [0.15, 0.2) is 36.5 Å². The number of aryl methyl sites for hydroxylation is 1. The first-order chi connectivity index (χ1) is 12.1. The Bertz CT molecular complexity index is 973. The number of aromatic nitrogens is 4. The molecule has 0 saturated heterocycles. The van der Waals surface area contributed by atoms with Crippen molar-refractivity contribution in [2.24, 2.45) is 7.05 Å². The van der Waals surface area contributed by atoms with Gasteiger partial charge in [0.15, 0.2) is 5.69 Å². The van der Waals surface area contributed by atoms with E-state index in [1.54, 1.807) is 27.5 Å². The molecule has 0 unspecified atom stereocenters. The van der Waals surface area contributed by atoms with Gasteiger partial charge in [0.05, 0.1) is 24.3 Å². The molecule has 3 heterocycles. The lowest BCUT2D eigenvalue weighted by Crippen LogP contribution is -2.46. The van der Waals surface area contributed by atoms with E-state index in [4.69, 9.17) is 0 Å². The number of likely N-dealkylation sites (N-methyl/N-ethyl adjacent to an activating group) is 1. The summed E-state index contributed by atoms with van der Waals surface area (Å²) in [5.41, 5.74) is 2.13. The van der Waals surface area contributed by atoms with Crippen LogP contribution in [0.4, 0.5) is 0 Å². The summed E-state index contributed by atoms with van der Waals surface area (Å²) in [5.74, 6) is -0.355.